The summed E-state index contributed by atoms with van der Waals surface area (Å²) in [7, 11) is 0. The molecule has 7 nitrogen and oxygen atoms in total. The van der Waals surface area contributed by atoms with E-state index in [0.717, 1.165) is 17.1 Å². The van der Waals surface area contributed by atoms with Crippen LogP contribution >= 0.6 is 0 Å². The van der Waals surface area contributed by atoms with E-state index in [1.807, 2.05) is 31.2 Å². The lowest BCUT2D eigenvalue weighted by atomic mass is 10.1. The Morgan fingerprint density at radius 3 is 2.39 bits per heavy atom. The van der Waals surface area contributed by atoms with Gasteiger partial charge in [-0.2, -0.15) is 0 Å². The van der Waals surface area contributed by atoms with E-state index in [-0.39, 0.29) is 35.5 Å². The van der Waals surface area contributed by atoms with E-state index >= 15 is 0 Å². The van der Waals surface area contributed by atoms with Crippen molar-refractivity contribution in [2.75, 3.05) is 5.32 Å². The van der Waals surface area contributed by atoms with Gasteiger partial charge in [-0.3, -0.25) is 18.7 Å². The highest BCUT2D eigenvalue weighted by Crippen LogP contribution is 2.21. The van der Waals surface area contributed by atoms with Gasteiger partial charge < -0.3 is 11.1 Å². The number of hydrogen-bond donors (Lipinski definition) is 2. The quantitative estimate of drug-likeness (QED) is 0.683. The monoisotopic (exact) mass is 384 g/mol. The molecule has 2 aromatic carbocycles. The van der Waals surface area contributed by atoms with Crippen LogP contribution in [0.2, 0.25) is 0 Å². The van der Waals surface area contributed by atoms with Crippen LogP contribution < -0.4 is 16.7 Å². The van der Waals surface area contributed by atoms with Gasteiger partial charge in [-0.15, -0.1) is 0 Å². The summed E-state index contributed by atoms with van der Waals surface area (Å²) in [6, 6.07) is 9.75. The third kappa shape index (κ3) is 3.53. The van der Waals surface area contributed by atoms with Crippen molar-refractivity contribution in [3.8, 4) is 0 Å². The lowest BCUT2D eigenvalue weighted by molar-refractivity contribution is -0.116. The van der Waals surface area contributed by atoms with E-state index in [2.05, 4.69) is 5.32 Å². The first-order valence-electron chi connectivity index (χ1n) is 8.91. The molecule has 0 saturated carbocycles. The number of nitrogens with zero attached hydrogens (tertiary/aromatic N) is 2. The standard InChI is InChI=1S/C20H21FN4O3/c1-3-24-16-6-4-5-7-17(16)25(20(24)28)9-8-18(26)23-15-11-13(19(22)27)10-14(21)12(15)2/h4-7,10-11H,3,8-9H2,1-2H3,(H2,22,27)(H,23,26). The van der Waals surface area contributed by atoms with Gasteiger partial charge >= 0.3 is 5.69 Å². The zero-order chi connectivity index (χ0) is 20.4. The number of aryl methyl sites for hydroxylation is 2. The molecule has 28 heavy (non-hydrogen) atoms. The Balaban J connectivity index is 1.81. The molecule has 0 atom stereocenters. The minimum atomic E-state index is -0.784. The first-order chi connectivity index (χ1) is 13.3. The smallest absolute Gasteiger partial charge is 0.329 e. The van der Waals surface area contributed by atoms with Gasteiger partial charge in [0, 0.05) is 36.3 Å². The van der Waals surface area contributed by atoms with Gasteiger partial charge in [0.05, 0.1) is 11.0 Å². The van der Waals surface area contributed by atoms with Crippen LogP contribution in [0.15, 0.2) is 41.2 Å². The normalized spacial score (nSPS) is 11.0. The molecule has 3 N–H and O–H groups in total. The number of rotatable bonds is 6. The fourth-order valence-electron chi connectivity index (χ4n) is 3.17. The summed E-state index contributed by atoms with van der Waals surface area (Å²) < 4.78 is 17.2. The summed E-state index contributed by atoms with van der Waals surface area (Å²) >= 11 is 0. The van der Waals surface area contributed by atoms with E-state index in [1.54, 1.807) is 9.13 Å². The molecule has 8 heteroatoms. The van der Waals surface area contributed by atoms with Gasteiger partial charge in [0.2, 0.25) is 11.8 Å². The zero-order valence-electron chi connectivity index (χ0n) is 15.7. The Morgan fingerprint density at radius 1 is 1.14 bits per heavy atom. The third-order valence-corrected chi connectivity index (χ3v) is 4.71. The second-order valence-corrected chi connectivity index (χ2v) is 6.46. The maximum atomic E-state index is 14.0. The van der Waals surface area contributed by atoms with Crippen LogP contribution in [0.4, 0.5) is 10.1 Å². The van der Waals surface area contributed by atoms with Gasteiger partial charge in [-0.05, 0) is 38.1 Å². The number of carbonyl (C=O) groups excluding carboxylic acids is 2. The topological polar surface area (TPSA) is 99.1 Å². The van der Waals surface area contributed by atoms with Gasteiger partial charge in [0.15, 0.2) is 0 Å². The summed E-state index contributed by atoms with van der Waals surface area (Å²) in [5, 5.41) is 2.60. The predicted molar refractivity (Wildman–Crippen MR) is 105 cm³/mol. The van der Waals surface area contributed by atoms with E-state index in [1.165, 1.54) is 13.0 Å². The van der Waals surface area contributed by atoms with E-state index in [4.69, 9.17) is 5.73 Å². The van der Waals surface area contributed by atoms with Crippen LogP contribution in [-0.2, 0) is 17.9 Å². The number of halogens is 1. The highest BCUT2D eigenvalue weighted by molar-refractivity contribution is 5.97. The highest BCUT2D eigenvalue weighted by Gasteiger charge is 2.15. The number of aromatic nitrogens is 2. The molecule has 0 fully saturated rings. The number of fused-ring (bicyclic) bond motifs is 1. The maximum Gasteiger partial charge on any atom is 0.329 e. The van der Waals surface area contributed by atoms with Crippen LogP contribution in [0.1, 0.15) is 29.3 Å². The van der Waals surface area contributed by atoms with Gasteiger partial charge in [0.1, 0.15) is 5.82 Å². The molecule has 0 aliphatic rings. The Bertz CT molecular complexity index is 1130. The minimum absolute atomic E-state index is 0.0134. The van der Waals surface area contributed by atoms with E-state index in [0.29, 0.717) is 6.54 Å². The average molecular weight is 384 g/mol. The molecule has 2 amide bonds. The SMILES string of the molecule is CCn1c(=O)n(CCC(=O)Nc2cc(C(N)=O)cc(F)c2C)c2ccccc21. The van der Waals surface area contributed by atoms with Crippen molar-refractivity contribution in [1.82, 2.24) is 9.13 Å². The van der Waals surface area contributed by atoms with Crippen molar-refractivity contribution in [3.63, 3.8) is 0 Å². The molecule has 0 aliphatic heterocycles. The van der Waals surface area contributed by atoms with E-state index < -0.39 is 17.6 Å². The summed E-state index contributed by atoms with van der Waals surface area (Å²) in [4.78, 5) is 36.3. The number of primary amides is 1. The molecule has 1 aromatic heterocycles. The molecule has 0 unspecified atom stereocenters. The first kappa shape index (κ1) is 19.3. The van der Waals surface area contributed by atoms with Crippen molar-refractivity contribution in [2.45, 2.75) is 33.4 Å². The number of para-hydroxylation sites is 2. The fraction of sp³-hybridized carbons (Fsp3) is 0.250. The Kier molecular flexibility index (Phi) is 5.30. The van der Waals surface area contributed by atoms with Gasteiger partial charge in [0.25, 0.3) is 0 Å². The predicted octanol–water partition coefficient (Wildman–Crippen LogP) is 2.40. The summed E-state index contributed by atoms with van der Waals surface area (Å²) in [6.07, 6.45) is 0.0134. The highest BCUT2D eigenvalue weighted by atomic mass is 19.1. The minimum Gasteiger partial charge on any atom is -0.366 e. The number of imidazole rings is 1. The summed E-state index contributed by atoms with van der Waals surface area (Å²) in [5.41, 5.74) is 6.93. The molecule has 0 spiro atoms. The fourth-order valence-corrected chi connectivity index (χ4v) is 3.17. The summed E-state index contributed by atoms with van der Waals surface area (Å²) in [5.74, 6) is -1.81. The molecule has 0 bridgehead atoms. The van der Waals surface area contributed by atoms with E-state index in [9.17, 15) is 18.8 Å². The van der Waals surface area contributed by atoms with Crippen LogP contribution in [0.5, 0.6) is 0 Å². The first-order valence-corrected chi connectivity index (χ1v) is 8.91. The molecular weight excluding hydrogens is 363 g/mol. The number of carbonyl (C=O) groups is 2. The van der Waals surface area contributed by atoms with Crippen LogP contribution in [0.3, 0.4) is 0 Å². The molecule has 146 valence electrons. The largest absolute Gasteiger partial charge is 0.366 e. The third-order valence-electron chi connectivity index (χ3n) is 4.71. The number of benzene rings is 2. The van der Waals surface area contributed by atoms with Crippen molar-refractivity contribution < 1.29 is 14.0 Å². The Labute approximate surface area is 160 Å². The average Bonchev–Trinajstić information content (AvgIpc) is 2.94. The number of nitrogens with one attached hydrogen (secondary N) is 1. The Hall–Kier alpha value is -3.42. The lowest BCUT2D eigenvalue weighted by Crippen LogP contribution is -2.26. The zero-order valence-corrected chi connectivity index (χ0v) is 15.7. The van der Waals surface area contributed by atoms with Crippen LogP contribution in [-0.4, -0.2) is 20.9 Å². The lowest BCUT2D eigenvalue weighted by Gasteiger charge is -2.11. The maximum absolute atomic E-state index is 14.0. The Morgan fingerprint density at radius 2 is 1.79 bits per heavy atom. The number of hydrogen-bond acceptors (Lipinski definition) is 3. The molecule has 0 aliphatic carbocycles. The number of anilines is 1. The van der Waals surface area contributed by atoms with Crippen molar-refractivity contribution in [3.05, 3.63) is 63.8 Å². The second kappa shape index (κ2) is 7.67. The molecule has 0 radical (unpaired) electrons. The van der Waals surface area contributed by atoms with Gasteiger partial charge in [-0.1, -0.05) is 12.1 Å². The molecule has 0 saturated heterocycles. The number of nitrogens with two attached hydrogens (primary N) is 1. The van der Waals surface area contributed by atoms with Crippen molar-refractivity contribution >= 4 is 28.5 Å². The van der Waals surface area contributed by atoms with Crippen molar-refractivity contribution in [2.24, 2.45) is 5.73 Å². The molecule has 1 heterocycles. The number of amides is 2. The van der Waals surface area contributed by atoms with Crippen LogP contribution in [0, 0.1) is 12.7 Å². The van der Waals surface area contributed by atoms with Crippen LogP contribution in [0.25, 0.3) is 11.0 Å². The molecular formula is C20H21FN4O3. The van der Waals surface area contributed by atoms with Crippen molar-refractivity contribution in [1.29, 1.82) is 0 Å². The molecule has 3 rings (SSSR count). The second-order valence-electron chi connectivity index (χ2n) is 6.46. The summed E-state index contributed by atoms with van der Waals surface area (Å²) in [6.45, 7) is 4.08. The molecule has 3 aromatic rings. The van der Waals surface area contributed by atoms with Gasteiger partial charge in [-0.25, -0.2) is 9.18 Å².